The molecule has 0 radical (unpaired) electrons. The van der Waals surface area contributed by atoms with Gasteiger partial charge in [-0.3, -0.25) is 9.59 Å². The van der Waals surface area contributed by atoms with E-state index in [2.05, 4.69) is 0 Å². The molecular formula is C7H13NO3. The lowest BCUT2D eigenvalue weighted by atomic mass is 9.80. The second-order valence-electron chi connectivity index (χ2n) is 3.54. The second-order valence-corrected chi connectivity index (χ2v) is 3.54. The molecule has 0 aliphatic rings. The Bertz CT molecular complexity index is 167. The maximum Gasteiger partial charge on any atom is 0.316 e. The van der Waals surface area contributed by atoms with E-state index in [1.165, 1.54) is 0 Å². The molecule has 3 N–H and O–H groups in total. The molecule has 0 saturated carbocycles. The van der Waals surface area contributed by atoms with Gasteiger partial charge in [-0.25, -0.2) is 0 Å². The highest BCUT2D eigenvalue weighted by Gasteiger charge is 2.35. The quantitative estimate of drug-likeness (QED) is 0.565. The molecule has 4 heteroatoms. The van der Waals surface area contributed by atoms with Crippen molar-refractivity contribution >= 4 is 11.9 Å². The fourth-order valence-corrected chi connectivity index (χ4v) is 0.919. The van der Waals surface area contributed by atoms with Gasteiger partial charge in [0.2, 0.25) is 5.91 Å². The molecule has 0 aromatic carbocycles. The number of carbonyl (C=O) groups is 2. The predicted molar refractivity (Wildman–Crippen MR) is 39.8 cm³/mol. The second kappa shape index (κ2) is 2.90. The van der Waals surface area contributed by atoms with Crippen LogP contribution in [0.1, 0.15) is 20.8 Å². The maximum absolute atomic E-state index is 10.6. The Morgan fingerprint density at radius 2 is 1.73 bits per heavy atom. The fraction of sp³-hybridized carbons (Fsp3) is 0.714. The van der Waals surface area contributed by atoms with Crippen LogP contribution in [0.3, 0.4) is 0 Å². The molecule has 0 spiro atoms. The molecule has 0 aliphatic carbocycles. The number of carbonyl (C=O) groups excluding carboxylic acids is 1. The topological polar surface area (TPSA) is 80.4 Å². The van der Waals surface area contributed by atoms with Gasteiger partial charge in [0.1, 0.15) is 5.92 Å². The van der Waals surface area contributed by atoms with Gasteiger partial charge < -0.3 is 10.8 Å². The van der Waals surface area contributed by atoms with E-state index in [4.69, 9.17) is 10.8 Å². The Morgan fingerprint density at radius 1 is 1.36 bits per heavy atom. The van der Waals surface area contributed by atoms with Crippen molar-refractivity contribution < 1.29 is 14.7 Å². The molecule has 0 bridgehead atoms. The summed E-state index contributed by atoms with van der Waals surface area (Å²) in [5.74, 6) is -3.06. The molecule has 1 amide bonds. The average molecular weight is 159 g/mol. The Balaban J connectivity index is 4.63. The number of carboxylic acid groups (broad SMARTS) is 1. The van der Waals surface area contributed by atoms with Crippen LogP contribution in [0.5, 0.6) is 0 Å². The predicted octanol–water partition coefficient (Wildman–Crippen LogP) is 0.219. The molecule has 1 atom stereocenters. The molecule has 0 saturated heterocycles. The first-order chi connectivity index (χ1) is 4.76. The average Bonchev–Trinajstić information content (AvgIpc) is 1.54. The van der Waals surface area contributed by atoms with E-state index in [9.17, 15) is 9.59 Å². The number of hydrogen-bond acceptors (Lipinski definition) is 2. The van der Waals surface area contributed by atoms with Crippen molar-refractivity contribution in [3.05, 3.63) is 0 Å². The van der Waals surface area contributed by atoms with Crippen molar-refractivity contribution in [2.45, 2.75) is 20.8 Å². The fourth-order valence-electron chi connectivity index (χ4n) is 0.919. The number of hydrogen-bond donors (Lipinski definition) is 2. The van der Waals surface area contributed by atoms with Gasteiger partial charge in [-0.1, -0.05) is 20.8 Å². The van der Waals surface area contributed by atoms with Crippen LogP contribution in [0.4, 0.5) is 0 Å². The van der Waals surface area contributed by atoms with Gasteiger partial charge in [-0.2, -0.15) is 0 Å². The van der Waals surface area contributed by atoms with Crippen LogP contribution >= 0.6 is 0 Å². The number of nitrogens with two attached hydrogens (primary N) is 1. The maximum atomic E-state index is 10.6. The van der Waals surface area contributed by atoms with Crippen molar-refractivity contribution in [2.24, 2.45) is 17.1 Å². The largest absolute Gasteiger partial charge is 0.481 e. The van der Waals surface area contributed by atoms with E-state index in [0.29, 0.717) is 0 Å². The molecule has 0 fully saturated rings. The Morgan fingerprint density at radius 3 is 1.73 bits per heavy atom. The van der Waals surface area contributed by atoms with Crippen molar-refractivity contribution in [3.63, 3.8) is 0 Å². The summed E-state index contributed by atoms with van der Waals surface area (Å²) in [6.45, 7) is 4.99. The lowest BCUT2D eigenvalue weighted by Crippen LogP contribution is -2.39. The molecule has 64 valence electrons. The van der Waals surface area contributed by atoms with E-state index < -0.39 is 23.2 Å². The zero-order chi connectivity index (χ0) is 9.23. The van der Waals surface area contributed by atoms with Crippen LogP contribution in [0.2, 0.25) is 0 Å². The van der Waals surface area contributed by atoms with Crippen molar-refractivity contribution in [2.75, 3.05) is 0 Å². The van der Waals surface area contributed by atoms with Crippen LogP contribution in [0, 0.1) is 11.3 Å². The summed E-state index contributed by atoms with van der Waals surface area (Å²) in [7, 11) is 0. The van der Waals surface area contributed by atoms with Gasteiger partial charge in [-0.15, -0.1) is 0 Å². The van der Waals surface area contributed by atoms with Gasteiger partial charge in [0.25, 0.3) is 0 Å². The van der Waals surface area contributed by atoms with Gasteiger partial charge in [0.15, 0.2) is 0 Å². The minimum absolute atomic E-state index is 0.613. The van der Waals surface area contributed by atoms with Gasteiger partial charge in [-0.05, 0) is 5.41 Å². The van der Waals surface area contributed by atoms with Crippen LogP contribution < -0.4 is 5.73 Å². The van der Waals surface area contributed by atoms with Crippen molar-refractivity contribution in [1.82, 2.24) is 0 Å². The smallest absolute Gasteiger partial charge is 0.316 e. The van der Waals surface area contributed by atoms with Gasteiger partial charge in [0, 0.05) is 0 Å². The minimum atomic E-state index is -1.16. The molecule has 4 nitrogen and oxygen atoms in total. The van der Waals surface area contributed by atoms with Crippen LogP contribution in [-0.4, -0.2) is 17.0 Å². The molecule has 0 aliphatic heterocycles. The SMILES string of the molecule is CC(C)(C)[C@H](C(N)=O)C(=O)O. The minimum Gasteiger partial charge on any atom is -0.481 e. The summed E-state index contributed by atoms with van der Waals surface area (Å²) in [4.78, 5) is 21.1. The standard InChI is InChI=1S/C7H13NO3/c1-7(2,3)4(5(8)9)6(10)11/h4H,1-3H3,(H2,8,9)(H,10,11)/t4-/m1/s1. The third kappa shape index (κ3) is 2.57. The Kier molecular flexibility index (Phi) is 2.62. The van der Waals surface area contributed by atoms with Gasteiger partial charge in [0.05, 0.1) is 0 Å². The van der Waals surface area contributed by atoms with E-state index in [1.807, 2.05) is 0 Å². The lowest BCUT2D eigenvalue weighted by Gasteiger charge is -2.23. The Hall–Kier alpha value is -1.06. The monoisotopic (exact) mass is 159 g/mol. The highest BCUT2D eigenvalue weighted by molar-refractivity contribution is 5.96. The molecular weight excluding hydrogens is 146 g/mol. The highest BCUT2D eigenvalue weighted by Crippen LogP contribution is 2.25. The molecule has 0 aromatic heterocycles. The first kappa shape index (κ1) is 9.94. The normalized spacial score (nSPS) is 14.1. The summed E-state index contributed by atoms with van der Waals surface area (Å²) in [6, 6.07) is 0. The third-order valence-electron chi connectivity index (χ3n) is 1.40. The zero-order valence-electron chi connectivity index (χ0n) is 6.92. The molecule has 0 heterocycles. The number of carboxylic acids is 1. The number of rotatable bonds is 2. The lowest BCUT2D eigenvalue weighted by molar-refractivity contribution is -0.150. The zero-order valence-corrected chi connectivity index (χ0v) is 6.92. The summed E-state index contributed by atoms with van der Waals surface area (Å²) >= 11 is 0. The van der Waals surface area contributed by atoms with Crippen LogP contribution in [0.25, 0.3) is 0 Å². The van der Waals surface area contributed by atoms with E-state index in [1.54, 1.807) is 20.8 Å². The number of primary amides is 1. The van der Waals surface area contributed by atoms with Crippen LogP contribution in [-0.2, 0) is 9.59 Å². The highest BCUT2D eigenvalue weighted by atomic mass is 16.4. The first-order valence-corrected chi connectivity index (χ1v) is 3.29. The summed E-state index contributed by atoms with van der Waals surface area (Å²) < 4.78 is 0. The van der Waals surface area contributed by atoms with E-state index in [-0.39, 0.29) is 0 Å². The third-order valence-corrected chi connectivity index (χ3v) is 1.40. The van der Waals surface area contributed by atoms with E-state index >= 15 is 0 Å². The summed E-state index contributed by atoms with van der Waals surface area (Å²) in [5.41, 5.74) is 4.29. The number of amides is 1. The van der Waals surface area contributed by atoms with Gasteiger partial charge >= 0.3 is 5.97 Å². The Labute approximate surface area is 65.4 Å². The number of aliphatic carboxylic acids is 1. The molecule has 0 rings (SSSR count). The van der Waals surface area contributed by atoms with E-state index in [0.717, 1.165) is 0 Å². The van der Waals surface area contributed by atoms with Crippen molar-refractivity contribution in [1.29, 1.82) is 0 Å². The summed E-state index contributed by atoms with van der Waals surface area (Å²) in [6.07, 6.45) is 0. The summed E-state index contributed by atoms with van der Waals surface area (Å²) in [5, 5.41) is 8.58. The molecule has 0 unspecified atom stereocenters. The van der Waals surface area contributed by atoms with Crippen molar-refractivity contribution in [3.8, 4) is 0 Å². The van der Waals surface area contributed by atoms with Crippen LogP contribution in [0.15, 0.2) is 0 Å². The first-order valence-electron chi connectivity index (χ1n) is 3.29. The molecule has 11 heavy (non-hydrogen) atoms. The molecule has 0 aromatic rings.